The summed E-state index contributed by atoms with van der Waals surface area (Å²) in [5.41, 5.74) is 0.385. The molecule has 0 bridgehead atoms. The molecule has 0 aliphatic rings. The fourth-order valence-electron chi connectivity index (χ4n) is 1.67. The van der Waals surface area contributed by atoms with Gasteiger partial charge < -0.3 is 0 Å². The summed E-state index contributed by atoms with van der Waals surface area (Å²) in [6.45, 7) is -0.0185. The number of nitrogens with one attached hydrogen (secondary N) is 1. The van der Waals surface area contributed by atoms with Gasteiger partial charge in [0.15, 0.2) is 0 Å². The Morgan fingerprint density at radius 1 is 1.09 bits per heavy atom. The van der Waals surface area contributed by atoms with Crippen molar-refractivity contribution < 1.29 is 13.3 Å². The summed E-state index contributed by atoms with van der Waals surface area (Å²) in [6.07, 6.45) is 0. The van der Waals surface area contributed by atoms with Gasteiger partial charge in [0.25, 0.3) is 5.69 Å². The highest BCUT2D eigenvalue weighted by Crippen LogP contribution is 2.22. The van der Waals surface area contributed by atoms with E-state index in [1.807, 2.05) is 0 Å². The van der Waals surface area contributed by atoms with Crippen LogP contribution in [0.1, 0.15) is 5.56 Å². The molecular weight excluding hydrogens is 351 g/mol. The number of sulfonamides is 1. The summed E-state index contributed by atoms with van der Waals surface area (Å²) in [5.74, 6) is 0. The van der Waals surface area contributed by atoms with E-state index >= 15 is 0 Å². The van der Waals surface area contributed by atoms with Crippen LogP contribution in [0.3, 0.4) is 0 Å². The molecule has 116 valence electrons. The van der Waals surface area contributed by atoms with Gasteiger partial charge in [0.2, 0.25) is 10.0 Å². The van der Waals surface area contributed by atoms with Gasteiger partial charge in [0.05, 0.1) is 9.82 Å². The van der Waals surface area contributed by atoms with Crippen LogP contribution in [-0.2, 0) is 16.6 Å². The molecule has 2 aromatic rings. The van der Waals surface area contributed by atoms with Crippen molar-refractivity contribution in [2.45, 2.75) is 11.4 Å². The lowest BCUT2D eigenvalue weighted by molar-refractivity contribution is -0.384. The van der Waals surface area contributed by atoms with Gasteiger partial charge in [0.1, 0.15) is 0 Å². The highest BCUT2D eigenvalue weighted by molar-refractivity contribution is 7.89. The number of nitro benzene ring substituents is 1. The van der Waals surface area contributed by atoms with E-state index in [-0.39, 0.29) is 17.1 Å². The molecule has 22 heavy (non-hydrogen) atoms. The van der Waals surface area contributed by atoms with Crippen molar-refractivity contribution in [3.63, 3.8) is 0 Å². The van der Waals surface area contributed by atoms with E-state index in [1.54, 1.807) is 12.1 Å². The Labute approximate surface area is 136 Å². The number of nitro groups is 1. The fraction of sp³-hybridized carbons (Fsp3) is 0.0769. The minimum Gasteiger partial charge on any atom is -0.258 e. The predicted molar refractivity (Wildman–Crippen MR) is 83.6 cm³/mol. The van der Waals surface area contributed by atoms with Crippen LogP contribution >= 0.6 is 23.2 Å². The van der Waals surface area contributed by atoms with Gasteiger partial charge in [-0.05, 0) is 29.8 Å². The average molecular weight is 361 g/mol. The molecule has 0 saturated heterocycles. The molecule has 1 N–H and O–H groups in total. The smallest absolute Gasteiger partial charge is 0.258 e. The lowest BCUT2D eigenvalue weighted by Gasteiger charge is -2.08. The van der Waals surface area contributed by atoms with Crippen LogP contribution in [0.5, 0.6) is 0 Å². The van der Waals surface area contributed by atoms with Gasteiger partial charge in [-0.2, -0.15) is 0 Å². The monoisotopic (exact) mass is 360 g/mol. The maximum Gasteiger partial charge on any atom is 0.269 e. The second-order valence-corrected chi connectivity index (χ2v) is 6.92. The van der Waals surface area contributed by atoms with Gasteiger partial charge in [-0.1, -0.05) is 29.3 Å². The molecule has 0 aliphatic carbocycles. The van der Waals surface area contributed by atoms with Crippen LogP contribution in [0.4, 0.5) is 5.69 Å². The summed E-state index contributed by atoms with van der Waals surface area (Å²) >= 11 is 11.7. The Kier molecular flexibility index (Phi) is 5.02. The summed E-state index contributed by atoms with van der Waals surface area (Å²) in [7, 11) is -3.79. The summed E-state index contributed by atoms with van der Waals surface area (Å²) < 4.78 is 26.6. The lowest BCUT2D eigenvalue weighted by atomic mass is 10.2. The number of nitrogens with zero attached hydrogens (tertiary/aromatic N) is 1. The Balaban J connectivity index is 2.15. The van der Waals surface area contributed by atoms with Gasteiger partial charge in [0, 0.05) is 28.7 Å². The predicted octanol–water partition coefficient (Wildman–Crippen LogP) is 3.38. The number of hydrogen-bond donors (Lipinski definition) is 1. The number of rotatable bonds is 5. The third kappa shape index (κ3) is 3.95. The molecule has 2 aromatic carbocycles. The van der Waals surface area contributed by atoms with Crippen molar-refractivity contribution in [3.05, 3.63) is 68.2 Å². The van der Waals surface area contributed by atoms with Crippen molar-refractivity contribution in [3.8, 4) is 0 Å². The first-order valence-corrected chi connectivity index (χ1v) is 8.21. The van der Waals surface area contributed by atoms with Crippen LogP contribution in [0.15, 0.2) is 47.4 Å². The van der Waals surface area contributed by atoms with Crippen molar-refractivity contribution in [2.75, 3.05) is 0 Å². The van der Waals surface area contributed by atoms with Crippen LogP contribution in [0.25, 0.3) is 0 Å². The highest BCUT2D eigenvalue weighted by atomic mass is 35.5. The lowest BCUT2D eigenvalue weighted by Crippen LogP contribution is -2.23. The van der Waals surface area contributed by atoms with Crippen molar-refractivity contribution >= 4 is 38.9 Å². The Morgan fingerprint density at radius 2 is 1.73 bits per heavy atom. The molecule has 2 rings (SSSR count). The molecule has 0 saturated carbocycles. The Hall–Kier alpha value is -1.67. The Morgan fingerprint density at radius 3 is 2.27 bits per heavy atom. The van der Waals surface area contributed by atoms with Crippen molar-refractivity contribution in [2.24, 2.45) is 0 Å². The standard InChI is InChI=1S/C13H10Cl2N2O4S/c14-10-2-1-9(13(15)7-10)8-16-22(20,21)12-5-3-11(4-6-12)17(18)19/h1-7,16H,8H2. The molecule has 0 spiro atoms. The summed E-state index contributed by atoms with van der Waals surface area (Å²) in [4.78, 5) is 9.89. The number of non-ortho nitro benzene ring substituents is 1. The van der Waals surface area contributed by atoms with Crippen LogP contribution < -0.4 is 4.72 Å². The highest BCUT2D eigenvalue weighted by Gasteiger charge is 2.16. The van der Waals surface area contributed by atoms with E-state index in [4.69, 9.17) is 23.2 Å². The second kappa shape index (κ2) is 6.62. The maximum absolute atomic E-state index is 12.1. The zero-order valence-electron chi connectivity index (χ0n) is 11.0. The van der Waals surface area contributed by atoms with Crippen LogP contribution in [-0.4, -0.2) is 13.3 Å². The molecule has 0 atom stereocenters. The van der Waals surface area contributed by atoms with Crippen molar-refractivity contribution in [1.29, 1.82) is 0 Å². The van der Waals surface area contributed by atoms with Gasteiger partial charge in [-0.3, -0.25) is 10.1 Å². The van der Waals surface area contributed by atoms with E-state index in [9.17, 15) is 18.5 Å². The zero-order valence-corrected chi connectivity index (χ0v) is 13.3. The van der Waals surface area contributed by atoms with E-state index in [1.165, 1.54) is 18.2 Å². The molecular formula is C13H10Cl2N2O4S. The van der Waals surface area contributed by atoms with Crippen LogP contribution in [0.2, 0.25) is 10.0 Å². The minimum atomic E-state index is -3.79. The first kappa shape index (κ1) is 16.7. The van der Waals surface area contributed by atoms with Gasteiger partial charge in [-0.25, -0.2) is 13.1 Å². The molecule has 0 heterocycles. The average Bonchev–Trinajstić information content (AvgIpc) is 2.46. The Bertz CT molecular complexity index is 807. The molecule has 0 amide bonds. The molecule has 0 unspecified atom stereocenters. The molecule has 0 aromatic heterocycles. The number of benzene rings is 2. The third-order valence-electron chi connectivity index (χ3n) is 2.83. The quantitative estimate of drug-likeness (QED) is 0.653. The molecule has 6 nitrogen and oxygen atoms in total. The van der Waals surface area contributed by atoms with Gasteiger partial charge >= 0.3 is 0 Å². The minimum absolute atomic E-state index is 0.0185. The molecule has 9 heteroatoms. The normalized spacial score (nSPS) is 11.4. The largest absolute Gasteiger partial charge is 0.269 e. The number of hydrogen-bond acceptors (Lipinski definition) is 4. The topological polar surface area (TPSA) is 89.3 Å². The van der Waals surface area contributed by atoms with Gasteiger partial charge in [-0.15, -0.1) is 0 Å². The second-order valence-electron chi connectivity index (χ2n) is 4.31. The first-order chi connectivity index (χ1) is 10.3. The van der Waals surface area contributed by atoms with E-state index in [0.29, 0.717) is 15.6 Å². The maximum atomic E-state index is 12.1. The fourth-order valence-corrected chi connectivity index (χ4v) is 3.15. The van der Waals surface area contributed by atoms with E-state index < -0.39 is 14.9 Å². The SMILES string of the molecule is O=[N+]([O-])c1ccc(S(=O)(=O)NCc2ccc(Cl)cc2Cl)cc1. The molecule has 0 radical (unpaired) electrons. The van der Waals surface area contributed by atoms with E-state index in [0.717, 1.165) is 12.1 Å². The summed E-state index contributed by atoms with van der Waals surface area (Å²) in [6, 6.07) is 9.33. The van der Waals surface area contributed by atoms with Crippen LogP contribution in [0, 0.1) is 10.1 Å². The molecule has 0 aliphatic heterocycles. The summed E-state index contributed by atoms with van der Waals surface area (Å²) in [5, 5.41) is 11.3. The number of halogens is 2. The third-order valence-corrected chi connectivity index (χ3v) is 4.83. The van der Waals surface area contributed by atoms with Crippen molar-refractivity contribution in [1.82, 2.24) is 4.72 Å². The van der Waals surface area contributed by atoms with E-state index in [2.05, 4.69) is 4.72 Å². The zero-order chi connectivity index (χ0) is 16.3. The first-order valence-electron chi connectivity index (χ1n) is 5.97. The molecule has 0 fully saturated rings.